The molecule has 5 rings (SSSR count). The molecule has 2 aromatic rings. The maximum Gasteiger partial charge on any atom is 0.269 e. The number of fused-ring (bicyclic) bond motifs is 2. The fourth-order valence-corrected chi connectivity index (χ4v) is 5.55. The Morgan fingerprint density at radius 2 is 1.97 bits per heavy atom. The number of nitrogens with one attached hydrogen (secondary N) is 1. The third kappa shape index (κ3) is 3.68. The van der Waals surface area contributed by atoms with Gasteiger partial charge < -0.3 is 16.0 Å². The Labute approximate surface area is 181 Å². The average Bonchev–Trinajstić information content (AvgIpc) is 3.24. The summed E-state index contributed by atoms with van der Waals surface area (Å²) in [7, 11) is 0. The van der Waals surface area contributed by atoms with Crippen LogP contribution >= 0.6 is 0 Å². The van der Waals surface area contributed by atoms with Crippen molar-refractivity contribution >= 4 is 28.6 Å². The van der Waals surface area contributed by atoms with E-state index < -0.39 is 11.9 Å². The SMILES string of the molecule is C[C@H]1CCCC(NC(=O)[C@@H]2C[C@H]3C[C@H]3N2C(=O)Cn2nc(C(N)=O)c3ccccc32)C1. The van der Waals surface area contributed by atoms with Gasteiger partial charge in [0.2, 0.25) is 11.8 Å². The highest BCUT2D eigenvalue weighted by Gasteiger charge is 2.56. The van der Waals surface area contributed by atoms with Crippen LogP contribution in [-0.4, -0.2) is 50.5 Å². The van der Waals surface area contributed by atoms with E-state index in [2.05, 4.69) is 17.3 Å². The number of piperidine rings is 1. The molecule has 1 aliphatic heterocycles. The number of rotatable bonds is 5. The molecule has 3 aliphatic rings. The van der Waals surface area contributed by atoms with Gasteiger partial charge in [-0.1, -0.05) is 38.0 Å². The summed E-state index contributed by atoms with van der Waals surface area (Å²) in [4.78, 5) is 39.9. The lowest BCUT2D eigenvalue weighted by molar-refractivity contribution is -0.140. The summed E-state index contributed by atoms with van der Waals surface area (Å²) in [6.07, 6.45) is 6.07. The number of carbonyl (C=O) groups is 3. The molecular weight excluding hydrogens is 394 g/mol. The molecule has 31 heavy (non-hydrogen) atoms. The van der Waals surface area contributed by atoms with E-state index >= 15 is 0 Å². The number of nitrogens with two attached hydrogens (primary N) is 1. The summed E-state index contributed by atoms with van der Waals surface area (Å²) in [6.45, 7) is 2.22. The molecule has 1 aromatic carbocycles. The summed E-state index contributed by atoms with van der Waals surface area (Å²) < 4.78 is 1.53. The third-order valence-electron chi connectivity index (χ3n) is 7.15. The van der Waals surface area contributed by atoms with Gasteiger partial charge in [0, 0.05) is 17.5 Å². The monoisotopic (exact) mass is 423 g/mol. The fourth-order valence-electron chi connectivity index (χ4n) is 5.55. The predicted molar refractivity (Wildman–Crippen MR) is 115 cm³/mol. The number of hydrogen-bond acceptors (Lipinski definition) is 4. The van der Waals surface area contributed by atoms with Crippen LogP contribution in [0.25, 0.3) is 10.9 Å². The van der Waals surface area contributed by atoms with Gasteiger partial charge in [0.1, 0.15) is 12.6 Å². The van der Waals surface area contributed by atoms with Crippen LogP contribution in [0.1, 0.15) is 55.9 Å². The summed E-state index contributed by atoms with van der Waals surface area (Å²) in [5.41, 5.74) is 6.32. The molecule has 0 bridgehead atoms. The molecule has 2 aliphatic carbocycles. The van der Waals surface area contributed by atoms with Crippen LogP contribution in [-0.2, 0) is 16.1 Å². The minimum atomic E-state index is -0.621. The van der Waals surface area contributed by atoms with Crippen molar-refractivity contribution in [1.82, 2.24) is 20.0 Å². The predicted octanol–water partition coefficient (Wildman–Crippen LogP) is 1.82. The first kappa shape index (κ1) is 20.0. The van der Waals surface area contributed by atoms with E-state index in [1.165, 1.54) is 11.1 Å². The lowest BCUT2D eigenvalue weighted by Gasteiger charge is -2.31. The number of nitrogens with zero attached hydrogens (tertiary/aromatic N) is 3. The molecule has 5 atom stereocenters. The van der Waals surface area contributed by atoms with Crippen molar-refractivity contribution in [1.29, 1.82) is 0 Å². The lowest BCUT2D eigenvalue weighted by Crippen LogP contribution is -2.51. The van der Waals surface area contributed by atoms with Gasteiger partial charge in [0.15, 0.2) is 5.69 Å². The highest BCUT2D eigenvalue weighted by molar-refractivity contribution is 6.04. The molecule has 8 nitrogen and oxygen atoms in total. The van der Waals surface area contributed by atoms with Crippen molar-refractivity contribution in [3.8, 4) is 0 Å². The van der Waals surface area contributed by atoms with Crippen LogP contribution in [0.15, 0.2) is 24.3 Å². The number of benzene rings is 1. The molecular formula is C23H29N5O3. The van der Waals surface area contributed by atoms with Crippen molar-refractivity contribution in [2.45, 2.75) is 70.1 Å². The quantitative estimate of drug-likeness (QED) is 0.764. The second-order valence-corrected chi connectivity index (χ2v) is 9.48. The Bertz CT molecular complexity index is 1050. The number of para-hydroxylation sites is 1. The minimum Gasteiger partial charge on any atom is -0.364 e. The molecule has 164 valence electrons. The van der Waals surface area contributed by atoms with Crippen molar-refractivity contribution in [2.24, 2.45) is 17.6 Å². The number of carbonyl (C=O) groups excluding carboxylic acids is 3. The van der Waals surface area contributed by atoms with E-state index in [0.717, 1.165) is 32.1 Å². The normalized spacial score (nSPS) is 29.6. The van der Waals surface area contributed by atoms with Gasteiger partial charge >= 0.3 is 0 Å². The van der Waals surface area contributed by atoms with E-state index in [1.54, 1.807) is 11.0 Å². The first-order valence-corrected chi connectivity index (χ1v) is 11.3. The van der Waals surface area contributed by atoms with Crippen LogP contribution in [0.3, 0.4) is 0 Å². The maximum absolute atomic E-state index is 13.3. The zero-order valence-electron chi connectivity index (χ0n) is 17.8. The molecule has 2 saturated carbocycles. The molecule has 3 N–H and O–H groups in total. The smallest absolute Gasteiger partial charge is 0.269 e. The van der Waals surface area contributed by atoms with E-state index in [4.69, 9.17) is 5.73 Å². The first-order chi connectivity index (χ1) is 14.9. The number of amides is 3. The second kappa shape index (κ2) is 7.66. The molecule has 3 fully saturated rings. The van der Waals surface area contributed by atoms with Gasteiger partial charge in [0.25, 0.3) is 5.91 Å². The van der Waals surface area contributed by atoms with Crippen LogP contribution in [0.2, 0.25) is 0 Å². The zero-order valence-corrected chi connectivity index (χ0v) is 17.8. The lowest BCUT2D eigenvalue weighted by atomic mass is 9.87. The van der Waals surface area contributed by atoms with Gasteiger partial charge in [-0.15, -0.1) is 0 Å². The largest absolute Gasteiger partial charge is 0.364 e. The van der Waals surface area contributed by atoms with Gasteiger partial charge in [-0.25, -0.2) is 0 Å². The van der Waals surface area contributed by atoms with Crippen molar-refractivity contribution < 1.29 is 14.4 Å². The second-order valence-electron chi connectivity index (χ2n) is 9.48. The van der Waals surface area contributed by atoms with E-state index in [9.17, 15) is 14.4 Å². The minimum absolute atomic E-state index is 0.0126. The van der Waals surface area contributed by atoms with Crippen LogP contribution in [0.5, 0.6) is 0 Å². The molecule has 2 heterocycles. The van der Waals surface area contributed by atoms with Crippen molar-refractivity contribution in [3.63, 3.8) is 0 Å². The summed E-state index contributed by atoms with van der Waals surface area (Å²) in [6, 6.07) is 7.18. The van der Waals surface area contributed by atoms with Gasteiger partial charge in [-0.3, -0.25) is 19.1 Å². The molecule has 1 aromatic heterocycles. The van der Waals surface area contributed by atoms with Gasteiger partial charge in [-0.2, -0.15) is 5.10 Å². The summed E-state index contributed by atoms with van der Waals surface area (Å²) in [5, 5.41) is 8.15. The fraction of sp³-hybridized carbons (Fsp3) is 0.565. The average molecular weight is 424 g/mol. The topological polar surface area (TPSA) is 110 Å². The Morgan fingerprint density at radius 1 is 1.16 bits per heavy atom. The number of primary amides is 1. The molecule has 0 spiro atoms. The highest BCUT2D eigenvalue weighted by atomic mass is 16.2. The van der Waals surface area contributed by atoms with Crippen LogP contribution in [0.4, 0.5) is 0 Å². The van der Waals surface area contributed by atoms with E-state index in [1.807, 2.05) is 18.2 Å². The van der Waals surface area contributed by atoms with Crippen molar-refractivity contribution in [3.05, 3.63) is 30.0 Å². The standard InChI is InChI=1S/C23H29N5O3/c1-13-5-4-6-15(9-13)25-23(31)19-11-14-10-18(14)28(19)20(29)12-27-17-8-3-2-7-16(17)21(26-27)22(24)30/h2-3,7-8,13-15,18-19H,4-6,9-12H2,1H3,(H2,24,30)(H,25,31)/t13-,14+,15?,18+,19-/m0/s1. The number of hydrogen-bond donors (Lipinski definition) is 2. The van der Waals surface area contributed by atoms with Crippen LogP contribution < -0.4 is 11.1 Å². The maximum atomic E-state index is 13.3. The Hall–Kier alpha value is -2.90. The molecule has 3 amide bonds. The third-order valence-corrected chi connectivity index (χ3v) is 7.15. The molecule has 8 heteroatoms. The summed E-state index contributed by atoms with van der Waals surface area (Å²) >= 11 is 0. The zero-order chi connectivity index (χ0) is 21.7. The molecule has 1 saturated heterocycles. The highest BCUT2D eigenvalue weighted by Crippen LogP contribution is 2.48. The first-order valence-electron chi connectivity index (χ1n) is 11.3. The summed E-state index contributed by atoms with van der Waals surface area (Å²) in [5.74, 6) is 0.265. The Kier molecular flexibility index (Phi) is 4.95. The Morgan fingerprint density at radius 3 is 2.74 bits per heavy atom. The number of aromatic nitrogens is 2. The number of likely N-dealkylation sites (tertiary alicyclic amines) is 1. The van der Waals surface area contributed by atoms with Gasteiger partial charge in [0.05, 0.1) is 5.52 Å². The van der Waals surface area contributed by atoms with E-state index in [-0.39, 0.29) is 36.1 Å². The molecule has 0 radical (unpaired) electrons. The van der Waals surface area contributed by atoms with E-state index in [0.29, 0.717) is 22.7 Å². The van der Waals surface area contributed by atoms with Crippen LogP contribution in [0, 0.1) is 11.8 Å². The molecule has 1 unspecified atom stereocenters. The van der Waals surface area contributed by atoms with Gasteiger partial charge in [-0.05, 0) is 43.6 Å². The van der Waals surface area contributed by atoms with Crippen molar-refractivity contribution in [2.75, 3.05) is 0 Å². The Balaban J connectivity index is 1.33.